The van der Waals surface area contributed by atoms with Crippen LogP contribution >= 0.6 is 0 Å². The number of nitrogens with two attached hydrogens (primary N) is 1. The van der Waals surface area contributed by atoms with Crippen LogP contribution in [0.3, 0.4) is 0 Å². The third-order valence-corrected chi connectivity index (χ3v) is 3.72. The Kier molecular flexibility index (Phi) is 4.18. The summed E-state index contributed by atoms with van der Waals surface area (Å²) < 4.78 is 6.96. The number of hydrogen-bond acceptors (Lipinski definition) is 8. The molecule has 128 valence electrons. The number of aromatic nitrogens is 4. The number of aliphatic hydroxyl groups excluding tert-OH is 2. The molecule has 10 nitrogen and oxygen atoms in total. The van der Waals surface area contributed by atoms with E-state index in [1.807, 2.05) is 0 Å². The van der Waals surface area contributed by atoms with E-state index in [0.717, 1.165) is 5.57 Å². The molecule has 2 aromatic heterocycles. The molecule has 0 aliphatic carbocycles. The van der Waals surface area contributed by atoms with Gasteiger partial charge in [0.1, 0.15) is 24.1 Å². The van der Waals surface area contributed by atoms with Crippen molar-refractivity contribution in [2.45, 2.75) is 31.5 Å². The molecule has 5 N–H and O–H groups in total. The number of amides is 1. The predicted molar refractivity (Wildman–Crippen MR) is 83.5 cm³/mol. The molecule has 3 rings (SSSR count). The Hall–Kier alpha value is -2.56. The van der Waals surface area contributed by atoms with Gasteiger partial charge in [-0.15, -0.1) is 0 Å². The van der Waals surface area contributed by atoms with E-state index < -0.39 is 30.4 Å². The average Bonchev–Trinajstić information content (AvgIpc) is 3.09. The largest absolute Gasteiger partial charge is 0.387 e. The van der Waals surface area contributed by atoms with Crippen LogP contribution in [0, 0.1) is 0 Å². The van der Waals surface area contributed by atoms with Crippen LogP contribution in [0.5, 0.6) is 0 Å². The van der Waals surface area contributed by atoms with Crippen molar-refractivity contribution in [1.82, 2.24) is 24.8 Å². The van der Waals surface area contributed by atoms with E-state index in [-0.39, 0.29) is 12.4 Å². The van der Waals surface area contributed by atoms with Gasteiger partial charge in [-0.3, -0.25) is 9.36 Å². The first-order valence-corrected chi connectivity index (χ1v) is 7.27. The van der Waals surface area contributed by atoms with Crippen molar-refractivity contribution in [3.63, 3.8) is 0 Å². The summed E-state index contributed by atoms with van der Waals surface area (Å²) in [7, 11) is 0. The van der Waals surface area contributed by atoms with Crippen molar-refractivity contribution in [3.8, 4) is 0 Å². The summed E-state index contributed by atoms with van der Waals surface area (Å²) in [6.45, 7) is 5.69. The number of carbonyl (C=O) groups is 1. The highest BCUT2D eigenvalue weighted by molar-refractivity contribution is 5.83. The van der Waals surface area contributed by atoms with Crippen molar-refractivity contribution in [2.24, 2.45) is 0 Å². The smallest absolute Gasteiger partial charge is 0.252 e. The molecule has 1 unspecified atom stereocenters. The van der Waals surface area contributed by atoms with Crippen LogP contribution in [-0.2, 0) is 9.53 Å². The first kappa shape index (κ1) is 16.3. The van der Waals surface area contributed by atoms with Gasteiger partial charge < -0.3 is 26.0 Å². The van der Waals surface area contributed by atoms with Crippen molar-refractivity contribution in [3.05, 3.63) is 24.8 Å². The Balaban J connectivity index is 1.85. The molecule has 24 heavy (non-hydrogen) atoms. The molecule has 0 radical (unpaired) electrons. The van der Waals surface area contributed by atoms with E-state index in [1.165, 1.54) is 17.2 Å². The van der Waals surface area contributed by atoms with Gasteiger partial charge in [0.25, 0.3) is 5.91 Å². The molecule has 10 heteroatoms. The van der Waals surface area contributed by atoms with Gasteiger partial charge in [0, 0.05) is 6.54 Å². The Morgan fingerprint density at radius 2 is 2.17 bits per heavy atom. The lowest BCUT2D eigenvalue weighted by molar-refractivity contribution is -0.137. The Labute approximate surface area is 137 Å². The number of nitrogens with zero attached hydrogens (tertiary/aromatic N) is 4. The lowest BCUT2D eigenvalue weighted by Gasteiger charge is -2.16. The summed E-state index contributed by atoms with van der Waals surface area (Å²) >= 11 is 0. The van der Waals surface area contributed by atoms with E-state index in [1.54, 1.807) is 6.92 Å². The number of fused-ring (bicyclic) bond motifs is 1. The maximum atomic E-state index is 12.1. The van der Waals surface area contributed by atoms with Crippen LogP contribution in [0.4, 0.5) is 5.82 Å². The first-order valence-electron chi connectivity index (χ1n) is 7.27. The fourth-order valence-corrected chi connectivity index (χ4v) is 2.50. The van der Waals surface area contributed by atoms with Crippen molar-refractivity contribution < 1.29 is 19.7 Å². The second-order valence-electron chi connectivity index (χ2n) is 5.69. The molecule has 2 aromatic rings. The van der Waals surface area contributed by atoms with Crippen LogP contribution < -0.4 is 11.1 Å². The number of imidazole rings is 1. The van der Waals surface area contributed by atoms with Crippen LogP contribution in [0.25, 0.3) is 11.2 Å². The SMILES string of the molecule is C=C(C)CNC(=O)[C@H]1OC(n2cnc3c(N)ncnc32)[C@H](O)[C@@H]1O. The van der Waals surface area contributed by atoms with Crippen molar-refractivity contribution in [1.29, 1.82) is 0 Å². The van der Waals surface area contributed by atoms with Gasteiger partial charge in [-0.05, 0) is 6.92 Å². The second-order valence-corrected chi connectivity index (χ2v) is 5.69. The minimum absolute atomic E-state index is 0.183. The van der Waals surface area contributed by atoms with Gasteiger partial charge >= 0.3 is 0 Å². The maximum Gasteiger partial charge on any atom is 0.252 e. The van der Waals surface area contributed by atoms with Gasteiger partial charge in [0.05, 0.1) is 6.33 Å². The number of nitrogen functional groups attached to an aromatic ring is 1. The number of hydrogen-bond donors (Lipinski definition) is 4. The van der Waals surface area contributed by atoms with Crippen molar-refractivity contribution >= 4 is 22.9 Å². The maximum absolute atomic E-state index is 12.1. The van der Waals surface area contributed by atoms with E-state index in [2.05, 4.69) is 26.8 Å². The number of anilines is 1. The molecule has 1 fully saturated rings. The van der Waals surface area contributed by atoms with Gasteiger partial charge in [-0.25, -0.2) is 15.0 Å². The minimum atomic E-state index is -1.39. The molecule has 1 aliphatic rings. The quantitative estimate of drug-likeness (QED) is 0.505. The third-order valence-electron chi connectivity index (χ3n) is 3.72. The molecule has 1 saturated heterocycles. The van der Waals surface area contributed by atoms with E-state index in [9.17, 15) is 15.0 Å². The van der Waals surface area contributed by atoms with E-state index in [0.29, 0.717) is 11.2 Å². The van der Waals surface area contributed by atoms with Crippen molar-refractivity contribution in [2.75, 3.05) is 12.3 Å². The third kappa shape index (κ3) is 2.70. The highest BCUT2D eigenvalue weighted by Crippen LogP contribution is 2.32. The van der Waals surface area contributed by atoms with Gasteiger partial charge in [-0.1, -0.05) is 12.2 Å². The van der Waals surface area contributed by atoms with Gasteiger partial charge in [0.15, 0.2) is 23.8 Å². The van der Waals surface area contributed by atoms with E-state index in [4.69, 9.17) is 10.5 Å². The predicted octanol–water partition coefficient (Wildman–Crippen LogP) is -1.28. The Morgan fingerprint density at radius 3 is 2.88 bits per heavy atom. The monoisotopic (exact) mass is 334 g/mol. The van der Waals surface area contributed by atoms with Gasteiger partial charge in [0.2, 0.25) is 0 Å². The highest BCUT2D eigenvalue weighted by Gasteiger charge is 2.47. The first-order chi connectivity index (χ1) is 11.4. The lowest BCUT2D eigenvalue weighted by Crippen LogP contribution is -2.43. The molecule has 3 heterocycles. The zero-order valence-corrected chi connectivity index (χ0v) is 13.0. The molecule has 1 aliphatic heterocycles. The number of ether oxygens (including phenoxy) is 1. The fraction of sp³-hybridized carbons (Fsp3) is 0.429. The van der Waals surface area contributed by atoms with Crippen LogP contribution in [-0.4, -0.2) is 60.5 Å². The van der Waals surface area contributed by atoms with E-state index >= 15 is 0 Å². The summed E-state index contributed by atoms with van der Waals surface area (Å²) in [5.41, 5.74) is 7.15. The lowest BCUT2D eigenvalue weighted by atomic mass is 10.1. The minimum Gasteiger partial charge on any atom is -0.387 e. The summed E-state index contributed by atoms with van der Waals surface area (Å²) in [5.74, 6) is -0.354. The summed E-state index contributed by atoms with van der Waals surface area (Å²) in [6, 6.07) is 0. The Bertz CT molecular complexity index is 791. The molecule has 0 spiro atoms. The molecular formula is C14H18N6O4. The number of rotatable bonds is 4. The summed E-state index contributed by atoms with van der Waals surface area (Å²) in [4.78, 5) is 24.1. The standard InChI is InChI=1S/C14H18N6O4/c1-6(2)3-16-13(23)10-8(21)9(22)14(24-10)20-5-19-7-11(15)17-4-18-12(7)20/h4-5,8-10,14,21-22H,1,3H2,2H3,(H,16,23)(H2,15,17,18)/t8-,9+,10-,14?/m0/s1. The molecule has 0 aromatic carbocycles. The van der Waals surface area contributed by atoms with Crippen LogP contribution in [0.15, 0.2) is 24.8 Å². The normalized spacial score (nSPS) is 26.6. The second kappa shape index (κ2) is 6.15. The Morgan fingerprint density at radius 1 is 1.42 bits per heavy atom. The zero-order valence-electron chi connectivity index (χ0n) is 13.0. The molecular weight excluding hydrogens is 316 g/mol. The van der Waals surface area contributed by atoms with Gasteiger partial charge in [-0.2, -0.15) is 0 Å². The highest BCUT2D eigenvalue weighted by atomic mass is 16.6. The molecule has 1 amide bonds. The van der Waals surface area contributed by atoms with Crippen LogP contribution in [0.2, 0.25) is 0 Å². The molecule has 4 atom stereocenters. The topological polar surface area (TPSA) is 148 Å². The molecule has 0 saturated carbocycles. The number of carbonyl (C=O) groups excluding carboxylic acids is 1. The zero-order chi connectivity index (χ0) is 17.4. The van der Waals surface area contributed by atoms with Crippen LogP contribution in [0.1, 0.15) is 13.2 Å². The number of nitrogens with one attached hydrogen (secondary N) is 1. The average molecular weight is 334 g/mol. The molecule has 0 bridgehead atoms. The summed E-state index contributed by atoms with van der Waals surface area (Å²) in [5, 5.41) is 23.0. The fourth-order valence-electron chi connectivity index (χ4n) is 2.50. The number of aliphatic hydroxyl groups is 2. The summed E-state index contributed by atoms with van der Waals surface area (Å²) in [6.07, 6.45) is -2.36.